The fourth-order valence-electron chi connectivity index (χ4n) is 1.73. The Bertz CT molecular complexity index is 341. The number of nitrogens with two attached hydrogens (primary N) is 1. The van der Waals surface area contributed by atoms with Gasteiger partial charge in [0.05, 0.1) is 0 Å². The molecule has 1 aromatic rings. The number of hydrogen-bond donors (Lipinski definition) is 1. The van der Waals surface area contributed by atoms with Gasteiger partial charge in [0, 0.05) is 6.07 Å². The van der Waals surface area contributed by atoms with Crippen LogP contribution in [0.3, 0.4) is 0 Å². The topological polar surface area (TPSA) is 52.0 Å². The zero-order chi connectivity index (χ0) is 10.4. The Kier molecular flexibility index (Phi) is 1.77. The molecule has 3 nitrogen and oxygen atoms in total. The highest BCUT2D eigenvalue weighted by atomic mass is 19.4. The summed E-state index contributed by atoms with van der Waals surface area (Å²) in [4.78, 5) is 0. The molecule has 0 aromatic carbocycles. The molecule has 0 aliphatic heterocycles. The van der Waals surface area contributed by atoms with Crippen molar-refractivity contribution >= 4 is 5.88 Å². The number of anilines is 1. The van der Waals surface area contributed by atoms with E-state index in [1.54, 1.807) is 0 Å². The predicted octanol–water partition coefficient (Wildman–Crippen LogP) is 2.24. The molecule has 1 aromatic heterocycles. The molecule has 1 saturated carbocycles. The first-order chi connectivity index (χ1) is 6.46. The van der Waals surface area contributed by atoms with Gasteiger partial charge in [-0.05, 0) is 12.8 Å². The Hall–Kier alpha value is -1.20. The van der Waals surface area contributed by atoms with Crippen molar-refractivity contribution in [3.63, 3.8) is 0 Å². The summed E-state index contributed by atoms with van der Waals surface area (Å²) in [7, 11) is 0. The lowest BCUT2D eigenvalue weighted by Gasteiger charge is -2.41. The first kappa shape index (κ1) is 9.36. The first-order valence-corrected chi connectivity index (χ1v) is 4.25. The molecule has 1 aliphatic carbocycles. The minimum atomic E-state index is -4.27. The van der Waals surface area contributed by atoms with Crippen LogP contribution in [0.15, 0.2) is 10.6 Å². The van der Waals surface area contributed by atoms with E-state index in [4.69, 9.17) is 5.73 Å². The monoisotopic (exact) mass is 206 g/mol. The SMILES string of the molecule is Nc1cc(C2(C(F)(F)F)CCC2)no1. The van der Waals surface area contributed by atoms with Crippen LogP contribution in [0.5, 0.6) is 0 Å². The highest BCUT2D eigenvalue weighted by Crippen LogP contribution is 2.54. The lowest BCUT2D eigenvalue weighted by atomic mass is 9.66. The molecule has 0 amide bonds. The molecule has 6 heteroatoms. The summed E-state index contributed by atoms with van der Waals surface area (Å²) >= 11 is 0. The number of nitrogen functional groups attached to an aromatic ring is 1. The van der Waals surface area contributed by atoms with E-state index in [1.165, 1.54) is 0 Å². The summed E-state index contributed by atoms with van der Waals surface area (Å²) in [6, 6.07) is 1.16. The van der Waals surface area contributed by atoms with E-state index in [2.05, 4.69) is 9.68 Å². The molecule has 0 saturated heterocycles. The second-order valence-electron chi connectivity index (χ2n) is 3.55. The summed E-state index contributed by atoms with van der Waals surface area (Å²) in [5.41, 5.74) is 3.30. The smallest absolute Gasteiger partial charge is 0.368 e. The van der Waals surface area contributed by atoms with Crippen molar-refractivity contribution in [3.8, 4) is 0 Å². The van der Waals surface area contributed by atoms with Crippen molar-refractivity contribution in [1.29, 1.82) is 0 Å². The fraction of sp³-hybridized carbons (Fsp3) is 0.625. The second kappa shape index (κ2) is 2.65. The third-order valence-electron chi connectivity index (χ3n) is 2.77. The zero-order valence-electron chi connectivity index (χ0n) is 7.27. The first-order valence-electron chi connectivity index (χ1n) is 4.25. The maximum absolute atomic E-state index is 12.7. The van der Waals surface area contributed by atoms with Gasteiger partial charge in [0.25, 0.3) is 0 Å². The number of halogens is 3. The Balaban J connectivity index is 2.38. The molecule has 0 radical (unpaired) electrons. The summed E-state index contributed by atoms with van der Waals surface area (Å²) in [5, 5.41) is 3.36. The number of rotatable bonds is 1. The minimum absolute atomic E-state index is 0.0719. The molecule has 1 heterocycles. The average molecular weight is 206 g/mol. The van der Waals surface area contributed by atoms with E-state index in [0.717, 1.165) is 6.07 Å². The molecule has 1 aliphatic rings. The summed E-state index contributed by atoms with van der Waals surface area (Å²) in [6.07, 6.45) is -3.56. The van der Waals surface area contributed by atoms with Gasteiger partial charge in [-0.2, -0.15) is 13.2 Å². The van der Waals surface area contributed by atoms with Crippen molar-refractivity contribution in [2.24, 2.45) is 0 Å². The molecule has 2 rings (SSSR count). The van der Waals surface area contributed by atoms with Gasteiger partial charge in [0.1, 0.15) is 11.1 Å². The molecule has 14 heavy (non-hydrogen) atoms. The van der Waals surface area contributed by atoms with Crippen LogP contribution in [0.2, 0.25) is 0 Å². The van der Waals surface area contributed by atoms with Gasteiger partial charge in [-0.3, -0.25) is 0 Å². The fourth-order valence-corrected chi connectivity index (χ4v) is 1.73. The highest BCUT2D eigenvalue weighted by Gasteiger charge is 2.61. The maximum Gasteiger partial charge on any atom is 0.400 e. The largest absolute Gasteiger partial charge is 0.400 e. The Labute approximate surface area is 78.1 Å². The Morgan fingerprint density at radius 1 is 1.43 bits per heavy atom. The predicted molar refractivity (Wildman–Crippen MR) is 42.5 cm³/mol. The van der Waals surface area contributed by atoms with Gasteiger partial charge in [-0.1, -0.05) is 11.6 Å². The van der Waals surface area contributed by atoms with Crippen LogP contribution in [-0.4, -0.2) is 11.3 Å². The van der Waals surface area contributed by atoms with Gasteiger partial charge in [0.15, 0.2) is 0 Å². The molecular formula is C8H9F3N2O. The standard InChI is InChI=1S/C8H9F3N2O/c9-8(10,11)7(2-1-3-7)5-4-6(12)14-13-5/h4H,1-3,12H2. The minimum Gasteiger partial charge on any atom is -0.368 e. The molecule has 0 bridgehead atoms. The van der Waals surface area contributed by atoms with Crippen LogP contribution < -0.4 is 5.73 Å². The normalized spacial score (nSPS) is 20.5. The van der Waals surface area contributed by atoms with Crippen LogP contribution in [0, 0.1) is 0 Å². The highest BCUT2D eigenvalue weighted by molar-refractivity contribution is 5.32. The summed E-state index contributed by atoms with van der Waals surface area (Å²) in [6.45, 7) is 0. The van der Waals surface area contributed by atoms with Crippen molar-refractivity contribution in [2.45, 2.75) is 30.9 Å². The molecule has 0 atom stereocenters. The van der Waals surface area contributed by atoms with Gasteiger partial charge in [-0.15, -0.1) is 0 Å². The van der Waals surface area contributed by atoms with Crippen LogP contribution >= 0.6 is 0 Å². The zero-order valence-corrected chi connectivity index (χ0v) is 7.27. The van der Waals surface area contributed by atoms with Crippen LogP contribution in [-0.2, 0) is 5.41 Å². The average Bonchev–Trinajstić information content (AvgIpc) is 2.29. The van der Waals surface area contributed by atoms with Crippen LogP contribution in [0.25, 0.3) is 0 Å². The number of nitrogens with zero attached hydrogens (tertiary/aromatic N) is 1. The summed E-state index contributed by atoms with van der Waals surface area (Å²) in [5.74, 6) is -0.0736. The third kappa shape index (κ3) is 1.09. The van der Waals surface area contributed by atoms with Gasteiger partial charge in [-0.25, -0.2) is 0 Å². The molecule has 2 N–H and O–H groups in total. The number of alkyl halides is 3. The Morgan fingerprint density at radius 2 is 2.07 bits per heavy atom. The third-order valence-corrected chi connectivity index (χ3v) is 2.77. The Morgan fingerprint density at radius 3 is 2.36 bits per heavy atom. The lowest BCUT2D eigenvalue weighted by molar-refractivity contribution is -0.214. The quantitative estimate of drug-likeness (QED) is 0.766. The van der Waals surface area contributed by atoms with Gasteiger partial charge < -0.3 is 10.3 Å². The molecule has 78 valence electrons. The number of aromatic nitrogens is 1. The van der Waals surface area contributed by atoms with Crippen molar-refractivity contribution in [2.75, 3.05) is 5.73 Å². The van der Waals surface area contributed by atoms with E-state index in [1.807, 2.05) is 0 Å². The van der Waals surface area contributed by atoms with Crippen LogP contribution in [0.1, 0.15) is 25.0 Å². The molecule has 0 spiro atoms. The van der Waals surface area contributed by atoms with E-state index in [-0.39, 0.29) is 24.4 Å². The van der Waals surface area contributed by atoms with Crippen molar-refractivity contribution < 1.29 is 17.7 Å². The van der Waals surface area contributed by atoms with Gasteiger partial charge in [0.2, 0.25) is 5.88 Å². The maximum atomic E-state index is 12.7. The summed E-state index contributed by atoms with van der Waals surface area (Å²) < 4.78 is 42.7. The molecule has 0 unspecified atom stereocenters. The van der Waals surface area contributed by atoms with E-state index in [9.17, 15) is 13.2 Å². The van der Waals surface area contributed by atoms with E-state index < -0.39 is 11.6 Å². The van der Waals surface area contributed by atoms with Gasteiger partial charge >= 0.3 is 6.18 Å². The van der Waals surface area contributed by atoms with Crippen molar-refractivity contribution in [3.05, 3.63) is 11.8 Å². The lowest BCUT2D eigenvalue weighted by Crippen LogP contribution is -2.48. The molecular weight excluding hydrogens is 197 g/mol. The van der Waals surface area contributed by atoms with Crippen LogP contribution in [0.4, 0.5) is 19.1 Å². The number of hydrogen-bond acceptors (Lipinski definition) is 3. The van der Waals surface area contributed by atoms with Crippen molar-refractivity contribution in [1.82, 2.24) is 5.16 Å². The second-order valence-corrected chi connectivity index (χ2v) is 3.55. The molecule has 1 fully saturated rings. The van der Waals surface area contributed by atoms with E-state index >= 15 is 0 Å². The van der Waals surface area contributed by atoms with E-state index in [0.29, 0.717) is 6.42 Å².